The average molecular weight is 278 g/mol. The van der Waals surface area contributed by atoms with Crippen molar-refractivity contribution in [1.82, 2.24) is 15.1 Å². The number of hydrogen-bond acceptors (Lipinski definition) is 2. The zero-order valence-corrected chi connectivity index (χ0v) is 12.8. The van der Waals surface area contributed by atoms with Gasteiger partial charge in [0.15, 0.2) is 0 Å². The van der Waals surface area contributed by atoms with Gasteiger partial charge in [0.1, 0.15) is 0 Å². The van der Waals surface area contributed by atoms with Crippen LogP contribution in [0.15, 0.2) is 18.2 Å². The molecule has 2 rings (SSSR count). The molecule has 0 aliphatic heterocycles. The second kappa shape index (κ2) is 5.35. The van der Waals surface area contributed by atoms with Crippen LogP contribution >= 0.6 is 11.6 Å². The number of hydrogen-bond donors (Lipinski definition) is 1. The van der Waals surface area contributed by atoms with Gasteiger partial charge in [-0.3, -0.25) is 4.68 Å². The van der Waals surface area contributed by atoms with Crippen LogP contribution in [0.5, 0.6) is 0 Å². The van der Waals surface area contributed by atoms with Crippen LogP contribution in [0.1, 0.15) is 34.1 Å². The normalized spacial score (nSPS) is 12.7. The third-order valence-corrected chi connectivity index (χ3v) is 4.08. The van der Waals surface area contributed by atoms with Crippen molar-refractivity contribution in [3.8, 4) is 0 Å². The second-order valence-electron chi connectivity index (χ2n) is 4.94. The lowest BCUT2D eigenvalue weighted by atomic mass is 9.96. The Hall–Kier alpha value is -1.32. The van der Waals surface area contributed by atoms with Crippen molar-refractivity contribution < 1.29 is 0 Å². The molecule has 4 heteroatoms. The number of halogens is 1. The summed E-state index contributed by atoms with van der Waals surface area (Å²) in [7, 11) is 3.94. The van der Waals surface area contributed by atoms with E-state index in [1.807, 2.05) is 38.7 Å². The summed E-state index contributed by atoms with van der Waals surface area (Å²) in [5.41, 5.74) is 5.71. The summed E-state index contributed by atoms with van der Waals surface area (Å²) in [6.45, 7) is 6.15. The highest BCUT2D eigenvalue weighted by Crippen LogP contribution is 2.29. The van der Waals surface area contributed by atoms with Crippen molar-refractivity contribution in [1.29, 1.82) is 0 Å². The monoisotopic (exact) mass is 277 g/mol. The lowest BCUT2D eigenvalue weighted by molar-refractivity contribution is 0.678. The molecule has 19 heavy (non-hydrogen) atoms. The first-order valence-corrected chi connectivity index (χ1v) is 6.77. The van der Waals surface area contributed by atoms with Crippen molar-refractivity contribution in [2.45, 2.75) is 26.8 Å². The Morgan fingerprint density at radius 2 is 1.95 bits per heavy atom. The highest BCUT2D eigenvalue weighted by molar-refractivity contribution is 6.31. The molecular weight excluding hydrogens is 258 g/mol. The minimum absolute atomic E-state index is 0.117. The molecule has 0 saturated carbocycles. The summed E-state index contributed by atoms with van der Waals surface area (Å²) in [6, 6.07) is 6.33. The summed E-state index contributed by atoms with van der Waals surface area (Å²) in [5, 5.41) is 8.66. The Morgan fingerprint density at radius 3 is 2.42 bits per heavy atom. The summed E-state index contributed by atoms with van der Waals surface area (Å²) < 4.78 is 1.92. The predicted octanol–water partition coefficient (Wildman–Crippen LogP) is 3.31. The van der Waals surface area contributed by atoms with Crippen molar-refractivity contribution in [3.05, 3.63) is 51.3 Å². The Bertz CT molecular complexity index is 602. The third-order valence-electron chi connectivity index (χ3n) is 3.67. The molecule has 0 saturated heterocycles. The molecule has 2 aromatic rings. The third kappa shape index (κ3) is 2.53. The van der Waals surface area contributed by atoms with E-state index < -0.39 is 0 Å². The maximum atomic E-state index is 6.24. The highest BCUT2D eigenvalue weighted by Gasteiger charge is 2.20. The van der Waals surface area contributed by atoms with Gasteiger partial charge >= 0.3 is 0 Å². The molecule has 0 bridgehead atoms. The summed E-state index contributed by atoms with van der Waals surface area (Å²) in [4.78, 5) is 0. The number of rotatable bonds is 3. The van der Waals surface area contributed by atoms with E-state index in [1.54, 1.807) is 0 Å². The van der Waals surface area contributed by atoms with Crippen molar-refractivity contribution >= 4 is 11.6 Å². The van der Waals surface area contributed by atoms with Crippen molar-refractivity contribution in [2.24, 2.45) is 7.05 Å². The molecule has 102 valence electrons. The number of nitrogens with one attached hydrogen (secondary N) is 1. The van der Waals surface area contributed by atoms with Crippen LogP contribution < -0.4 is 5.32 Å². The van der Waals surface area contributed by atoms with Crippen molar-refractivity contribution in [3.63, 3.8) is 0 Å². The number of aryl methyl sites for hydroxylation is 3. The molecule has 0 aliphatic rings. The van der Waals surface area contributed by atoms with E-state index in [0.29, 0.717) is 0 Å². The Balaban J connectivity index is 2.52. The molecule has 0 fully saturated rings. The van der Waals surface area contributed by atoms with Gasteiger partial charge in [-0.1, -0.05) is 23.7 Å². The van der Waals surface area contributed by atoms with Crippen LogP contribution in [0, 0.1) is 20.8 Å². The Morgan fingerprint density at radius 1 is 1.26 bits per heavy atom. The molecule has 0 aliphatic carbocycles. The Labute approximate surface area is 119 Å². The summed E-state index contributed by atoms with van der Waals surface area (Å²) in [6.07, 6.45) is 0. The fraction of sp³-hybridized carbons (Fsp3) is 0.400. The van der Waals surface area contributed by atoms with E-state index in [1.165, 1.54) is 11.3 Å². The van der Waals surface area contributed by atoms with Crippen LogP contribution in [0.4, 0.5) is 0 Å². The maximum absolute atomic E-state index is 6.24. The minimum Gasteiger partial charge on any atom is -0.309 e. The van der Waals surface area contributed by atoms with Crippen molar-refractivity contribution in [2.75, 3.05) is 7.05 Å². The quantitative estimate of drug-likeness (QED) is 0.933. The van der Waals surface area contributed by atoms with Gasteiger partial charge in [-0.15, -0.1) is 0 Å². The van der Waals surface area contributed by atoms with Gasteiger partial charge in [-0.25, -0.2) is 0 Å². The van der Waals surface area contributed by atoms with Crippen LogP contribution in [0.2, 0.25) is 5.02 Å². The van der Waals surface area contributed by atoms with Gasteiger partial charge in [0.2, 0.25) is 0 Å². The van der Waals surface area contributed by atoms with E-state index >= 15 is 0 Å². The lowest BCUT2D eigenvalue weighted by Crippen LogP contribution is -2.19. The maximum Gasteiger partial charge on any atom is 0.0647 e. The molecule has 0 amide bonds. The van der Waals surface area contributed by atoms with E-state index in [2.05, 4.69) is 29.5 Å². The number of benzene rings is 1. The second-order valence-corrected chi connectivity index (χ2v) is 5.35. The topological polar surface area (TPSA) is 29.9 Å². The van der Waals surface area contributed by atoms with Crippen LogP contribution in [0.25, 0.3) is 0 Å². The minimum atomic E-state index is 0.117. The number of nitrogens with zero attached hydrogens (tertiary/aromatic N) is 2. The summed E-state index contributed by atoms with van der Waals surface area (Å²) >= 11 is 6.24. The zero-order valence-electron chi connectivity index (χ0n) is 12.1. The standard InChI is InChI=1S/C15H20ClN3/c1-9-6-7-12(8-13(9)16)15(17-4)14-10(2)18-19(5)11(14)3/h6-8,15,17H,1-5H3. The van der Waals surface area contributed by atoms with Gasteiger partial charge in [-0.05, 0) is 45.0 Å². The zero-order chi connectivity index (χ0) is 14.2. The Kier molecular flexibility index (Phi) is 3.97. The van der Waals surface area contributed by atoms with E-state index in [-0.39, 0.29) is 6.04 Å². The molecule has 0 spiro atoms. The van der Waals surface area contributed by atoms with Gasteiger partial charge in [0.05, 0.1) is 11.7 Å². The van der Waals surface area contributed by atoms with Gasteiger partial charge in [-0.2, -0.15) is 5.10 Å². The first-order chi connectivity index (χ1) is 8.95. The molecule has 1 heterocycles. The first-order valence-electron chi connectivity index (χ1n) is 6.39. The average Bonchev–Trinajstić information content (AvgIpc) is 2.61. The smallest absolute Gasteiger partial charge is 0.0647 e. The summed E-state index contributed by atoms with van der Waals surface area (Å²) in [5.74, 6) is 0. The molecule has 1 unspecified atom stereocenters. The van der Waals surface area contributed by atoms with Crippen LogP contribution in [0.3, 0.4) is 0 Å². The van der Waals surface area contributed by atoms with E-state index in [0.717, 1.165) is 21.8 Å². The SMILES string of the molecule is CNC(c1ccc(C)c(Cl)c1)c1c(C)nn(C)c1C. The fourth-order valence-electron chi connectivity index (χ4n) is 2.47. The molecular formula is C15H20ClN3. The largest absolute Gasteiger partial charge is 0.309 e. The molecule has 0 radical (unpaired) electrons. The van der Waals surface area contributed by atoms with Gasteiger partial charge in [0, 0.05) is 23.3 Å². The van der Waals surface area contributed by atoms with Gasteiger partial charge < -0.3 is 5.32 Å². The van der Waals surface area contributed by atoms with Gasteiger partial charge in [0.25, 0.3) is 0 Å². The van der Waals surface area contributed by atoms with Crippen LogP contribution in [-0.4, -0.2) is 16.8 Å². The molecule has 1 N–H and O–H groups in total. The highest BCUT2D eigenvalue weighted by atomic mass is 35.5. The van der Waals surface area contributed by atoms with E-state index in [4.69, 9.17) is 11.6 Å². The molecule has 1 atom stereocenters. The first kappa shape index (κ1) is 14.1. The fourth-order valence-corrected chi connectivity index (χ4v) is 2.66. The number of aromatic nitrogens is 2. The molecule has 3 nitrogen and oxygen atoms in total. The predicted molar refractivity (Wildman–Crippen MR) is 79.8 cm³/mol. The van der Waals surface area contributed by atoms with Crippen LogP contribution in [-0.2, 0) is 7.05 Å². The molecule has 1 aromatic carbocycles. The van der Waals surface area contributed by atoms with E-state index in [9.17, 15) is 0 Å². The molecule has 1 aromatic heterocycles. The lowest BCUT2D eigenvalue weighted by Gasteiger charge is -2.18.